The minimum atomic E-state index is -0.289. The summed E-state index contributed by atoms with van der Waals surface area (Å²) >= 11 is 6.20. The molecule has 0 atom stereocenters. The van der Waals surface area contributed by atoms with E-state index in [9.17, 15) is 10.1 Å². The van der Waals surface area contributed by atoms with Gasteiger partial charge in [0, 0.05) is 49.0 Å². The van der Waals surface area contributed by atoms with Gasteiger partial charge in [-0.1, -0.05) is 23.7 Å². The van der Waals surface area contributed by atoms with Crippen LogP contribution in [0, 0.1) is 17.2 Å². The average molecular weight is 499 g/mol. The predicted molar refractivity (Wildman–Crippen MR) is 138 cm³/mol. The first-order valence-corrected chi connectivity index (χ1v) is 12.2. The maximum absolute atomic E-state index is 11.7. The van der Waals surface area contributed by atoms with Crippen molar-refractivity contribution < 1.29 is 4.79 Å². The van der Waals surface area contributed by atoms with Gasteiger partial charge in [0.2, 0.25) is 5.91 Å². The maximum Gasteiger partial charge on any atom is 0.224 e. The lowest BCUT2D eigenvalue weighted by Gasteiger charge is -2.39. The number of pyridine rings is 1. The zero-order chi connectivity index (χ0) is 24.8. The quantitative estimate of drug-likeness (QED) is 0.447. The van der Waals surface area contributed by atoms with Crippen molar-refractivity contribution in [2.45, 2.75) is 12.8 Å². The van der Waals surface area contributed by atoms with Crippen LogP contribution in [-0.4, -0.2) is 51.7 Å². The predicted octanol–water partition coefficient (Wildman–Crippen LogP) is 3.51. The molecule has 180 valence electrons. The summed E-state index contributed by atoms with van der Waals surface area (Å²) in [6.45, 7) is 2.97. The van der Waals surface area contributed by atoms with Crippen LogP contribution < -0.4 is 15.5 Å². The van der Waals surface area contributed by atoms with E-state index < -0.39 is 0 Å². The Morgan fingerprint density at radius 3 is 2.42 bits per heavy atom. The highest BCUT2D eigenvalue weighted by atomic mass is 35.5. The van der Waals surface area contributed by atoms with E-state index in [0.29, 0.717) is 35.1 Å². The molecule has 10 heteroatoms. The van der Waals surface area contributed by atoms with Crippen LogP contribution in [-0.2, 0) is 4.79 Å². The summed E-state index contributed by atoms with van der Waals surface area (Å²) < 4.78 is 1.84. The normalized spacial score (nSPS) is 15.8. The van der Waals surface area contributed by atoms with Gasteiger partial charge in [-0.15, -0.1) is 0 Å². The van der Waals surface area contributed by atoms with Gasteiger partial charge in [-0.3, -0.25) is 4.79 Å². The van der Waals surface area contributed by atoms with Crippen LogP contribution in [0.2, 0.25) is 5.02 Å². The molecule has 2 fully saturated rings. The van der Waals surface area contributed by atoms with Gasteiger partial charge in [0.05, 0.1) is 11.5 Å². The van der Waals surface area contributed by atoms with E-state index in [1.807, 2.05) is 34.8 Å². The van der Waals surface area contributed by atoms with Crippen molar-refractivity contribution in [3.05, 3.63) is 59.4 Å². The van der Waals surface area contributed by atoms with Gasteiger partial charge in [0.25, 0.3) is 0 Å². The molecule has 6 rings (SSSR count). The summed E-state index contributed by atoms with van der Waals surface area (Å²) in [5, 5.41) is 14.8. The minimum Gasteiger partial charge on any atom is -0.369 e. The second-order valence-corrected chi connectivity index (χ2v) is 9.62. The average Bonchev–Trinajstić information content (AvgIpc) is 3.52. The number of nitriles is 1. The fraction of sp³-hybridized carbons (Fsp3) is 0.269. The highest BCUT2D eigenvalue weighted by molar-refractivity contribution is 6.30. The van der Waals surface area contributed by atoms with Gasteiger partial charge in [-0.05, 0) is 42.7 Å². The number of benzene rings is 1. The molecule has 9 nitrogen and oxygen atoms in total. The molecule has 0 spiro atoms. The maximum atomic E-state index is 11.7. The lowest BCUT2D eigenvalue weighted by Crippen LogP contribution is -2.53. The number of nitrogens with zero attached hydrogens (tertiary/aromatic N) is 7. The van der Waals surface area contributed by atoms with Crippen LogP contribution in [0.25, 0.3) is 28.0 Å². The topological polar surface area (TPSA) is 116 Å². The van der Waals surface area contributed by atoms with Crippen LogP contribution in [0.4, 0.5) is 11.6 Å². The molecule has 0 saturated carbocycles. The van der Waals surface area contributed by atoms with Crippen molar-refractivity contribution in [1.82, 2.24) is 19.6 Å². The third kappa shape index (κ3) is 3.80. The highest BCUT2D eigenvalue weighted by Gasteiger charge is 2.34. The van der Waals surface area contributed by atoms with Crippen LogP contribution in [0.1, 0.15) is 18.5 Å². The van der Waals surface area contributed by atoms with E-state index in [1.165, 1.54) is 0 Å². The monoisotopic (exact) mass is 498 g/mol. The Kier molecular flexibility index (Phi) is 5.46. The molecule has 2 saturated heterocycles. The van der Waals surface area contributed by atoms with Crippen LogP contribution >= 0.6 is 11.6 Å². The summed E-state index contributed by atoms with van der Waals surface area (Å²) in [6, 6.07) is 15.2. The molecular weight excluding hydrogens is 476 g/mol. The number of anilines is 2. The third-order valence-corrected chi connectivity index (χ3v) is 7.13. The number of aromatic nitrogens is 4. The number of primary amides is 1. The highest BCUT2D eigenvalue weighted by Crippen LogP contribution is 2.39. The smallest absolute Gasteiger partial charge is 0.224 e. The SMILES string of the molecule is N#Cc1ccc(-c2nn3c(N4CC(C(N)=O)C4)cc(N4CCCC4)nc3c2-c2ccc(Cl)cc2)cn1. The van der Waals surface area contributed by atoms with Crippen molar-refractivity contribution in [3.8, 4) is 28.5 Å². The second kappa shape index (κ2) is 8.81. The summed E-state index contributed by atoms with van der Waals surface area (Å²) in [6.07, 6.45) is 3.91. The first-order valence-electron chi connectivity index (χ1n) is 11.9. The molecule has 2 aliphatic heterocycles. The molecule has 1 aromatic carbocycles. The number of nitrogens with two attached hydrogens (primary N) is 1. The molecule has 5 heterocycles. The summed E-state index contributed by atoms with van der Waals surface area (Å²) in [5.41, 5.74) is 9.84. The Morgan fingerprint density at radius 2 is 1.78 bits per heavy atom. The molecule has 0 unspecified atom stereocenters. The second-order valence-electron chi connectivity index (χ2n) is 9.18. The van der Waals surface area contributed by atoms with E-state index in [0.717, 1.165) is 54.3 Å². The fourth-order valence-corrected chi connectivity index (χ4v) is 4.98. The summed E-state index contributed by atoms with van der Waals surface area (Å²) in [7, 11) is 0. The number of amides is 1. The minimum absolute atomic E-state index is 0.183. The van der Waals surface area contributed by atoms with Gasteiger partial charge < -0.3 is 15.5 Å². The Hall–Kier alpha value is -4.16. The van der Waals surface area contributed by atoms with Crippen molar-refractivity contribution in [3.63, 3.8) is 0 Å². The van der Waals surface area contributed by atoms with Crippen molar-refractivity contribution in [1.29, 1.82) is 5.26 Å². The Balaban J connectivity index is 1.59. The number of fused-ring (bicyclic) bond motifs is 1. The van der Waals surface area contributed by atoms with Crippen molar-refractivity contribution in [2.24, 2.45) is 11.7 Å². The number of rotatable bonds is 5. The Bertz CT molecular complexity index is 1490. The van der Waals surface area contributed by atoms with Crippen molar-refractivity contribution >= 4 is 34.8 Å². The number of carbonyl (C=O) groups excluding carboxylic acids is 1. The van der Waals surface area contributed by atoms with E-state index in [2.05, 4.69) is 26.9 Å². The van der Waals surface area contributed by atoms with Gasteiger partial charge in [0.1, 0.15) is 29.1 Å². The van der Waals surface area contributed by atoms with E-state index in [4.69, 9.17) is 27.4 Å². The fourth-order valence-electron chi connectivity index (χ4n) is 4.85. The lowest BCUT2D eigenvalue weighted by atomic mass is 9.99. The third-order valence-electron chi connectivity index (χ3n) is 6.88. The molecule has 0 aliphatic carbocycles. The molecule has 2 N–H and O–H groups in total. The molecule has 4 aromatic rings. The van der Waals surface area contributed by atoms with E-state index in [-0.39, 0.29) is 11.8 Å². The lowest BCUT2D eigenvalue weighted by molar-refractivity contribution is -0.122. The van der Waals surface area contributed by atoms with E-state index >= 15 is 0 Å². The molecule has 0 radical (unpaired) electrons. The number of carbonyl (C=O) groups is 1. The standard InChI is InChI=1S/C26H23ClN8O/c27-19-6-3-16(4-7-19)23-24(17-5-8-20(12-28)30-13-17)32-35-22(34-14-18(15-34)25(29)36)11-21(31-26(23)35)33-9-1-2-10-33/h3-8,11,13,18H,1-2,9-10,14-15H2,(H2,29,36). The Labute approximate surface area is 212 Å². The number of hydrogen-bond donors (Lipinski definition) is 1. The summed E-state index contributed by atoms with van der Waals surface area (Å²) in [4.78, 5) is 25.5. The van der Waals surface area contributed by atoms with E-state index in [1.54, 1.807) is 12.3 Å². The summed E-state index contributed by atoms with van der Waals surface area (Å²) in [5.74, 6) is 1.28. The van der Waals surface area contributed by atoms with Gasteiger partial charge in [-0.2, -0.15) is 14.9 Å². The van der Waals surface area contributed by atoms with Gasteiger partial charge in [0.15, 0.2) is 5.65 Å². The first-order chi connectivity index (χ1) is 17.5. The number of halogens is 1. The molecule has 1 amide bonds. The van der Waals surface area contributed by atoms with Gasteiger partial charge in [-0.25, -0.2) is 9.97 Å². The molecule has 0 bridgehead atoms. The van der Waals surface area contributed by atoms with Crippen LogP contribution in [0.3, 0.4) is 0 Å². The zero-order valence-corrected chi connectivity index (χ0v) is 20.2. The Morgan fingerprint density at radius 1 is 1.06 bits per heavy atom. The van der Waals surface area contributed by atoms with Gasteiger partial charge >= 0.3 is 0 Å². The van der Waals surface area contributed by atoms with Crippen molar-refractivity contribution in [2.75, 3.05) is 36.0 Å². The zero-order valence-electron chi connectivity index (χ0n) is 19.4. The molecule has 36 heavy (non-hydrogen) atoms. The largest absolute Gasteiger partial charge is 0.369 e. The molecular formula is C26H23ClN8O. The molecule has 3 aromatic heterocycles. The van der Waals surface area contributed by atoms with Crippen LogP contribution in [0.5, 0.6) is 0 Å². The molecule has 2 aliphatic rings. The first kappa shape index (κ1) is 22.3. The van der Waals surface area contributed by atoms with Crippen LogP contribution in [0.15, 0.2) is 48.7 Å². The number of hydrogen-bond acceptors (Lipinski definition) is 7.